The average molecular weight is 730 g/mol. The number of ether oxygens (including phenoxy) is 1. The van der Waals surface area contributed by atoms with Crippen LogP contribution in [0, 0.1) is 24.7 Å². The molecule has 5 rings (SSSR count). The van der Waals surface area contributed by atoms with Crippen LogP contribution in [0.15, 0.2) is 47.4 Å². The number of nitrogens with zero attached hydrogens (tertiary/aromatic N) is 3. The fourth-order valence-electron chi connectivity index (χ4n) is 8.89. The van der Waals surface area contributed by atoms with Gasteiger partial charge in [0.15, 0.2) is 9.84 Å². The van der Waals surface area contributed by atoms with E-state index in [1.165, 1.54) is 38.5 Å². The lowest BCUT2D eigenvalue weighted by atomic mass is 9.79. The van der Waals surface area contributed by atoms with Crippen LogP contribution in [0.2, 0.25) is 0 Å². The van der Waals surface area contributed by atoms with Gasteiger partial charge in [-0.25, -0.2) is 16.8 Å². The van der Waals surface area contributed by atoms with E-state index in [0.717, 1.165) is 54.3 Å². The SMILES string of the molecule is COc1cc(C)ccc1N1CCN(S(=O)(=O)C2CCCC(CC3CCCCC3)CCCC(S(=O)(=O)c3ccc(N(C)C)cc3)C[C@H](C)C2)CC1. The van der Waals surface area contributed by atoms with Gasteiger partial charge in [-0.15, -0.1) is 0 Å². The number of hydrogen-bond acceptors (Lipinski definition) is 7. The first kappa shape index (κ1) is 38.9. The zero-order chi connectivity index (χ0) is 35.9. The van der Waals surface area contributed by atoms with Crippen molar-refractivity contribution in [3.8, 4) is 5.75 Å². The van der Waals surface area contributed by atoms with E-state index in [-0.39, 0.29) is 5.92 Å². The molecule has 2 aliphatic carbocycles. The number of anilines is 2. The van der Waals surface area contributed by atoms with E-state index in [9.17, 15) is 16.8 Å². The van der Waals surface area contributed by atoms with Crippen LogP contribution < -0.4 is 14.5 Å². The summed E-state index contributed by atoms with van der Waals surface area (Å²) in [5, 5.41) is -1.02. The topological polar surface area (TPSA) is 87.2 Å². The zero-order valence-electron chi connectivity index (χ0n) is 31.4. The second-order valence-electron chi connectivity index (χ2n) is 15.8. The highest BCUT2D eigenvalue weighted by molar-refractivity contribution is 7.92. The zero-order valence-corrected chi connectivity index (χ0v) is 33.0. The first-order valence-corrected chi connectivity index (χ1v) is 22.3. The lowest BCUT2D eigenvalue weighted by molar-refractivity contribution is 0.258. The van der Waals surface area contributed by atoms with Crippen LogP contribution in [0.4, 0.5) is 11.4 Å². The summed E-state index contributed by atoms with van der Waals surface area (Å²) < 4.78 is 64.7. The Morgan fingerprint density at radius 3 is 1.92 bits per heavy atom. The largest absolute Gasteiger partial charge is 0.495 e. The van der Waals surface area contributed by atoms with Crippen molar-refractivity contribution in [1.29, 1.82) is 0 Å². The average Bonchev–Trinajstić information content (AvgIpc) is 3.10. The second-order valence-corrected chi connectivity index (χ2v) is 20.3. The fourth-order valence-corrected chi connectivity index (χ4v) is 13.0. The Morgan fingerprint density at radius 1 is 0.740 bits per heavy atom. The van der Waals surface area contributed by atoms with E-state index in [4.69, 9.17) is 4.74 Å². The number of piperazine rings is 1. The van der Waals surface area contributed by atoms with E-state index in [2.05, 4.69) is 24.0 Å². The van der Waals surface area contributed by atoms with Crippen molar-refractivity contribution in [2.24, 2.45) is 17.8 Å². The maximum absolute atomic E-state index is 14.5. The van der Waals surface area contributed by atoms with E-state index in [1.807, 2.05) is 44.1 Å². The summed E-state index contributed by atoms with van der Waals surface area (Å²) in [6.45, 7) is 6.20. The van der Waals surface area contributed by atoms with Crippen LogP contribution in [0.1, 0.15) is 102 Å². The number of methoxy groups -OCH3 is 1. The third kappa shape index (κ3) is 9.77. The van der Waals surface area contributed by atoms with Crippen molar-refractivity contribution in [2.75, 3.05) is 57.2 Å². The first-order valence-electron chi connectivity index (χ1n) is 19.3. The van der Waals surface area contributed by atoms with Crippen LogP contribution in [0.5, 0.6) is 5.75 Å². The third-order valence-electron chi connectivity index (χ3n) is 11.8. The van der Waals surface area contributed by atoms with E-state index < -0.39 is 30.4 Å². The van der Waals surface area contributed by atoms with Gasteiger partial charge in [0.05, 0.1) is 28.2 Å². The van der Waals surface area contributed by atoms with Crippen molar-refractivity contribution in [1.82, 2.24) is 4.31 Å². The predicted molar refractivity (Wildman–Crippen MR) is 207 cm³/mol. The maximum atomic E-state index is 14.5. The van der Waals surface area contributed by atoms with Crippen LogP contribution in [-0.2, 0) is 19.9 Å². The van der Waals surface area contributed by atoms with Gasteiger partial charge in [-0.2, -0.15) is 4.31 Å². The molecule has 4 atom stereocenters. The summed E-state index contributed by atoms with van der Waals surface area (Å²) in [6.07, 6.45) is 13.9. The minimum absolute atomic E-state index is 0.0360. The highest BCUT2D eigenvalue weighted by atomic mass is 32.2. The molecule has 0 radical (unpaired) electrons. The van der Waals surface area contributed by atoms with E-state index in [1.54, 1.807) is 23.5 Å². The molecule has 3 aliphatic rings. The summed E-state index contributed by atoms with van der Waals surface area (Å²) in [5.41, 5.74) is 3.09. The molecule has 0 bridgehead atoms. The molecule has 2 aromatic carbocycles. The quantitative estimate of drug-likeness (QED) is 0.258. The molecule has 0 amide bonds. The molecule has 50 heavy (non-hydrogen) atoms. The second kappa shape index (κ2) is 17.5. The Bertz CT molecular complexity index is 1580. The van der Waals surface area contributed by atoms with Crippen LogP contribution in [0.3, 0.4) is 0 Å². The van der Waals surface area contributed by atoms with Gasteiger partial charge in [0.25, 0.3) is 0 Å². The molecule has 3 fully saturated rings. The number of aryl methyl sites for hydroxylation is 1. The highest BCUT2D eigenvalue weighted by Gasteiger charge is 2.37. The third-order valence-corrected chi connectivity index (χ3v) is 16.4. The van der Waals surface area contributed by atoms with Gasteiger partial charge in [-0.1, -0.05) is 70.8 Å². The van der Waals surface area contributed by atoms with Crippen molar-refractivity contribution in [2.45, 2.75) is 119 Å². The molecule has 280 valence electrons. The van der Waals surface area contributed by atoms with Crippen molar-refractivity contribution in [3.63, 3.8) is 0 Å². The normalized spacial score (nSPS) is 25.7. The molecular weight excluding hydrogens is 667 g/mol. The Kier molecular flexibility index (Phi) is 13.6. The van der Waals surface area contributed by atoms with E-state index >= 15 is 0 Å². The lowest BCUT2D eigenvalue weighted by Gasteiger charge is -2.38. The van der Waals surface area contributed by atoms with Crippen LogP contribution in [0.25, 0.3) is 0 Å². The predicted octanol–water partition coefficient (Wildman–Crippen LogP) is 8.09. The molecule has 1 aliphatic heterocycles. The monoisotopic (exact) mass is 729 g/mol. The highest BCUT2D eigenvalue weighted by Crippen LogP contribution is 2.37. The van der Waals surface area contributed by atoms with Gasteiger partial charge in [0.2, 0.25) is 10.0 Å². The molecule has 1 saturated heterocycles. The van der Waals surface area contributed by atoms with E-state index in [0.29, 0.717) is 62.7 Å². The molecule has 0 spiro atoms. The molecule has 1 heterocycles. The minimum Gasteiger partial charge on any atom is -0.495 e. The molecule has 8 nitrogen and oxygen atoms in total. The van der Waals surface area contributed by atoms with Gasteiger partial charge in [0, 0.05) is 46.0 Å². The number of hydrogen-bond donors (Lipinski definition) is 0. The Balaban J connectivity index is 1.34. The first-order chi connectivity index (χ1) is 23.9. The molecule has 2 aromatic rings. The maximum Gasteiger partial charge on any atom is 0.217 e. The molecule has 2 saturated carbocycles. The number of benzene rings is 2. The van der Waals surface area contributed by atoms with Crippen molar-refractivity contribution >= 4 is 31.2 Å². The molecule has 10 heteroatoms. The van der Waals surface area contributed by atoms with Gasteiger partial charge < -0.3 is 14.5 Å². The van der Waals surface area contributed by atoms with Gasteiger partial charge in [-0.05, 0) is 98.7 Å². The molecule has 0 N–H and O–H groups in total. The summed E-state index contributed by atoms with van der Waals surface area (Å²) in [7, 11) is -1.57. The Morgan fingerprint density at radius 2 is 1.32 bits per heavy atom. The van der Waals surface area contributed by atoms with Crippen molar-refractivity contribution < 1.29 is 21.6 Å². The smallest absolute Gasteiger partial charge is 0.217 e. The summed E-state index contributed by atoms with van der Waals surface area (Å²) in [6, 6.07) is 13.4. The van der Waals surface area contributed by atoms with Crippen LogP contribution in [-0.4, -0.2) is 79.0 Å². The number of rotatable bonds is 9. The summed E-state index contributed by atoms with van der Waals surface area (Å²) in [5.74, 6) is 2.05. The van der Waals surface area contributed by atoms with Crippen LogP contribution >= 0.6 is 0 Å². The summed E-state index contributed by atoms with van der Waals surface area (Å²) >= 11 is 0. The molecular formula is C40H63N3O5S2. The van der Waals surface area contributed by atoms with Gasteiger partial charge >= 0.3 is 0 Å². The van der Waals surface area contributed by atoms with Gasteiger partial charge in [0.1, 0.15) is 5.75 Å². The standard InChI is InChI=1S/C40H63N3O5S2/c1-31-17-22-39(40(29-31)48-5)42-23-25-43(26-24-42)50(46,47)38-16-10-14-34(30-33-11-7-6-8-12-33)13-9-15-37(27-32(2)28-38)49(44,45)36-20-18-35(19-21-36)41(3)4/h17-22,29,32-34,37-38H,6-16,23-28,30H2,1-5H3/t32-,34?,37?,38?/m0/s1. The summed E-state index contributed by atoms with van der Waals surface area (Å²) in [4.78, 5) is 4.57. The minimum atomic E-state index is -3.58. The molecule has 0 aromatic heterocycles. The lowest BCUT2D eigenvalue weighted by Crippen LogP contribution is -2.51. The van der Waals surface area contributed by atoms with Crippen molar-refractivity contribution in [3.05, 3.63) is 48.0 Å². The number of sulfonamides is 1. The Labute approximate surface area is 303 Å². The Hall–Kier alpha value is -2.30. The number of sulfone groups is 1. The fraction of sp³-hybridized carbons (Fsp3) is 0.700. The molecule has 3 unspecified atom stereocenters. The van der Waals surface area contributed by atoms with Gasteiger partial charge in [-0.3, -0.25) is 0 Å².